The molecule has 1 amide bonds. The SMILES string of the molecule is O=C(NNc1nc2ccccc2[nH]1)C(F)(F)C(F)(F)F. The first-order chi connectivity index (χ1) is 9.22. The summed E-state index contributed by atoms with van der Waals surface area (Å²) >= 11 is 0. The minimum atomic E-state index is -5.97. The number of H-pyrrole nitrogens is 1. The summed E-state index contributed by atoms with van der Waals surface area (Å²) in [6, 6.07) is 6.52. The van der Waals surface area contributed by atoms with E-state index in [0.29, 0.717) is 11.0 Å². The lowest BCUT2D eigenvalue weighted by Crippen LogP contribution is -2.51. The Kier molecular flexibility index (Phi) is 3.24. The Bertz CT molecular complexity index is 603. The van der Waals surface area contributed by atoms with E-state index in [9.17, 15) is 26.7 Å². The Labute approximate surface area is 108 Å². The van der Waals surface area contributed by atoms with Gasteiger partial charge in [0.25, 0.3) is 0 Å². The lowest BCUT2D eigenvalue weighted by Gasteiger charge is -2.18. The second-order valence-electron chi connectivity index (χ2n) is 3.75. The summed E-state index contributed by atoms with van der Waals surface area (Å²) in [6.45, 7) is 0. The van der Waals surface area contributed by atoms with Gasteiger partial charge in [-0.3, -0.25) is 15.6 Å². The lowest BCUT2D eigenvalue weighted by molar-refractivity contribution is -0.269. The zero-order valence-corrected chi connectivity index (χ0v) is 9.55. The number of carbonyl (C=O) groups is 1. The van der Waals surface area contributed by atoms with Crippen molar-refractivity contribution in [1.82, 2.24) is 15.4 Å². The van der Waals surface area contributed by atoms with E-state index in [1.165, 1.54) is 5.43 Å². The molecule has 0 spiro atoms. The maximum absolute atomic E-state index is 12.6. The van der Waals surface area contributed by atoms with E-state index >= 15 is 0 Å². The number of anilines is 1. The third-order valence-corrected chi connectivity index (χ3v) is 2.33. The zero-order valence-electron chi connectivity index (χ0n) is 9.55. The molecule has 0 aliphatic carbocycles. The van der Waals surface area contributed by atoms with Gasteiger partial charge in [-0.2, -0.15) is 22.0 Å². The fraction of sp³-hybridized carbons (Fsp3) is 0.200. The van der Waals surface area contributed by atoms with Crippen LogP contribution in [0.4, 0.5) is 27.9 Å². The monoisotopic (exact) mass is 294 g/mol. The first kappa shape index (κ1) is 14.0. The van der Waals surface area contributed by atoms with E-state index in [0.717, 1.165) is 0 Å². The molecule has 0 aliphatic heterocycles. The molecule has 0 unspecified atom stereocenters. The highest BCUT2D eigenvalue weighted by atomic mass is 19.4. The minimum Gasteiger partial charge on any atom is -0.323 e. The van der Waals surface area contributed by atoms with Crippen molar-refractivity contribution < 1.29 is 26.7 Å². The van der Waals surface area contributed by atoms with Crippen LogP contribution in [0, 0.1) is 0 Å². The molecule has 2 aromatic rings. The fourth-order valence-corrected chi connectivity index (χ4v) is 1.34. The molecule has 0 aliphatic rings. The third kappa shape index (κ3) is 2.49. The van der Waals surface area contributed by atoms with Crippen molar-refractivity contribution in [3.05, 3.63) is 24.3 Å². The molecule has 0 radical (unpaired) electrons. The van der Waals surface area contributed by atoms with Crippen LogP contribution >= 0.6 is 0 Å². The Hall–Kier alpha value is -2.39. The third-order valence-electron chi connectivity index (χ3n) is 2.33. The summed E-state index contributed by atoms with van der Waals surface area (Å²) in [5, 5.41) is 0. The smallest absolute Gasteiger partial charge is 0.323 e. The van der Waals surface area contributed by atoms with Gasteiger partial charge in [0.2, 0.25) is 5.95 Å². The standard InChI is InChI=1S/C10H7F5N4O/c11-9(12,10(13,14)15)7(20)18-19-8-16-5-3-1-2-4-6(5)17-8/h1-4H,(H,18,20)(H2,16,17,19). The van der Waals surface area contributed by atoms with Gasteiger partial charge in [0.15, 0.2) is 0 Å². The molecule has 1 aromatic carbocycles. The number of rotatable bonds is 3. The van der Waals surface area contributed by atoms with Crippen LogP contribution in [0.15, 0.2) is 24.3 Å². The van der Waals surface area contributed by atoms with Gasteiger partial charge in [0.05, 0.1) is 11.0 Å². The quantitative estimate of drug-likeness (QED) is 0.600. The normalized spacial score (nSPS) is 12.4. The summed E-state index contributed by atoms with van der Waals surface area (Å²) in [4.78, 5) is 17.2. The molecule has 1 heterocycles. The van der Waals surface area contributed by atoms with Gasteiger partial charge in [-0.15, -0.1) is 0 Å². The maximum Gasteiger partial charge on any atom is 0.463 e. The van der Waals surface area contributed by atoms with Crippen LogP contribution < -0.4 is 10.9 Å². The number of hydrogen-bond acceptors (Lipinski definition) is 3. The molecule has 5 nitrogen and oxygen atoms in total. The molecular weight excluding hydrogens is 287 g/mol. The molecule has 108 valence electrons. The Morgan fingerprint density at radius 2 is 1.80 bits per heavy atom. The van der Waals surface area contributed by atoms with Gasteiger partial charge in [-0.25, -0.2) is 4.98 Å². The number of imidazole rings is 1. The number of nitrogens with one attached hydrogen (secondary N) is 3. The highest BCUT2D eigenvalue weighted by molar-refractivity contribution is 5.85. The summed E-state index contributed by atoms with van der Waals surface area (Å²) in [5.41, 5.74) is 4.09. The molecule has 0 bridgehead atoms. The number of nitrogens with zero attached hydrogens (tertiary/aromatic N) is 1. The summed E-state index contributed by atoms with van der Waals surface area (Å²) in [5.74, 6) is -8.19. The van der Waals surface area contributed by atoms with Crippen LogP contribution in [-0.4, -0.2) is 28.0 Å². The second-order valence-corrected chi connectivity index (χ2v) is 3.75. The number of carbonyl (C=O) groups excluding carboxylic acids is 1. The molecule has 0 fully saturated rings. The maximum atomic E-state index is 12.6. The molecular formula is C10H7F5N4O. The van der Waals surface area contributed by atoms with E-state index in [4.69, 9.17) is 0 Å². The first-order valence-electron chi connectivity index (χ1n) is 5.17. The van der Waals surface area contributed by atoms with Crippen molar-refractivity contribution >= 4 is 22.9 Å². The molecule has 3 N–H and O–H groups in total. The van der Waals surface area contributed by atoms with E-state index in [2.05, 4.69) is 9.97 Å². The fourth-order valence-electron chi connectivity index (χ4n) is 1.34. The van der Waals surface area contributed by atoms with Crippen molar-refractivity contribution in [1.29, 1.82) is 0 Å². The molecule has 1 aromatic heterocycles. The van der Waals surface area contributed by atoms with E-state index in [1.54, 1.807) is 24.3 Å². The number of fused-ring (bicyclic) bond motifs is 1. The van der Waals surface area contributed by atoms with Gasteiger partial charge in [0, 0.05) is 0 Å². The number of hydrogen-bond donors (Lipinski definition) is 3. The summed E-state index contributed by atoms with van der Waals surface area (Å²) in [6.07, 6.45) is -5.97. The first-order valence-corrected chi connectivity index (χ1v) is 5.17. The van der Waals surface area contributed by atoms with Crippen LogP contribution in [0.25, 0.3) is 11.0 Å². The van der Waals surface area contributed by atoms with Crippen molar-refractivity contribution in [2.45, 2.75) is 12.1 Å². The van der Waals surface area contributed by atoms with Crippen LogP contribution in [-0.2, 0) is 4.79 Å². The highest BCUT2D eigenvalue weighted by Crippen LogP contribution is 2.35. The number of para-hydroxylation sites is 2. The second kappa shape index (κ2) is 4.62. The van der Waals surface area contributed by atoms with Gasteiger partial charge in [-0.1, -0.05) is 12.1 Å². The summed E-state index contributed by atoms with van der Waals surface area (Å²) in [7, 11) is 0. The molecule has 0 saturated heterocycles. The average molecular weight is 294 g/mol. The number of aromatic nitrogens is 2. The minimum absolute atomic E-state index is 0.169. The summed E-state index contributed by atoms with van der Waals surface area (Å²) < 4.78 is 61.0. The van der Waals surface area contributed by atoms with Crippen LogP contribution in [0.1, 0.15) is 0 Å². The van der Waals surface area contributed by atoms with Crippen LogP contribution in [0.3, 0.4) is 0 Å². The van der Waals surface area contributed by atoms with Crippen molar-refractivity contribution in [2.24, 2.45) is 0 Å². The molecule has 0 saturated carbocycles. The van der Waals surface area contributed by atoms with Gasteiger partial charge in [-0.05, 0) is 12.1 Å². The number of hydrazine groups is 1. The number of halogens is 5. The van der Waals surface area contributed by atoms with Crippen LogP contribution in [0.2, 0.25) is 0 Å². The van der Waals surface area contributed by atoms with E-state index < -0.39 is 18.0 Å². The zero-order chi connectivity index (χ0) is 15.0. The number of aromatic amines is 1. The Balaban J connectivity index is 2.07. The van der Waals surface area contributed by atoms with Gasteiger partial charge >= 0.3 is 18.0 Å². The van der Waals surface area contributed by atoms with Crippen LogP contribution in [0.5, 0.6) is 0 Å². The molecule has 0 atom stereocenters. The number of benzene rings is 1. The van der Waals surface area contributed by atoms with Crippen molar-refractivity contribution in [3.8, 4) is 0 Å². The van der Waals surface area contributed by atoms with Crippen molar-refractivity contribution in [2.75, 3.05) is 5.43 Å². The molecule has 10 heteroatoms. The Morgan fingerprint density at radius 3 is 2.40 bits per heavy atom. The molecule has 2 rings (SSSR count). The molecule has 20 heavy (non-hydrogen) atoms. The largest absolute Gasteiger partial charge is 0.463 e. The van der Waals surface area contributed by atoms with E-state index in [1.807, 2.05) is 5.43 Å². The average Bonchev–Trinajstić information content (AvgIpc) is 2.77. The van der Waals surface area contributed by atoms with E-state index in [-0.39, 0.29) is 5.95 Å². The number of alkyl halides is 5. The lowest BCUT2D eigenvalue weighted by atomic mass is 10.3. The predicted octanol–water partition coefficient (Wildman–Crippen LogP) is 2.20. The topological polar surface area (TPSA) is 69.8 Å². The highest BCUT2D eigenvalue weighted by Gasteiger charge is 2.63. The van der Waals surface area contributed by atoms with Gasteiger partial charge in [0.1, 0.15) is 0 Å². The van der Waals surface area contributed by atoms with Gasteiger partial charge < -0.3 is 4.98 Å². The Morgan fingerprint density at radius 1 is 1.15 bits per heavy atom. The van der Waals surface area contributed by atoms with Crippen molar-refractivity contribution in [3.63, 3.8) is 0 Å². The number of amides is 1. The predicted molar refractivity (Wildman–Crippen MR) is 58.9 cm³/mol.